The van der Waals surface area contributed by atoms with Crippen LogP contribution in [0.15, 0.2) is 17.0 Å². The minimum absolute atomic E-state index is 0.123. The summed E-state index contributed by atoms with van der Waals surface area (Å²) in [5.41, 5.74) is 1.09. The van der Waals surface area contributed by atoms with Crippen LogP contribution in [0, 0.1) is 18.8 Å². The molecule has 0 bridgehead atoms. The van der Waals surface area contributed by atoms with Crippen molar-refractivity contribution in [3.05, 3.63) is 23.3 Å². The molecule has 5 heteroatoms. The van der Waals surface area contributed by atoms with Crippen LogP contribution in [0.5, 0.6) is 5.75 Å². The van der Waals surface area contributed by atoms with Crippen LogP contribution in [0.25, 0.3) is 0 Å². The molecule has 110 valence electrons. The molecule has 1 rings (SSSR count). The lowest BCUT2D eigenvalue weighted by molar-refractivity contribution is 0.356. The first-order chi connectivity index (χ1) is 9.07. The van der Waals surface area contributed by atoms with E-state index in [0.29, 0.717) is 11.3 Å². The standard InChI is InChI=1S/C15H19ClO3S/c1-6-7-8-19-13-9-11(2)14(20(16,17)18)10-12(13)15(3,4)5/h9-10H,8H2,1-5H3. The SMILES string of the molecule is CC#CCOc1cc(C)c(S(=O)(=O)Cl)cc1C(C)(C)C. The summed E-state index contributed by atoms with van der Waals surface area (Å²) in [4.78, 5) is 0.123. The first kappa shape index (κ1) is 16.9. The lowest BCUT2D eigenvalue weighted by Crippen LogP contribution is -2.15. The van der Waals surface area contributed by atoms with Crippen LogP contribution in [-0.2, 0) is 14.5 Å². The number of aryl methyl sites for hydroxylation is 1. The predicted molar refractivity (Wildman–Crippen MR) is 81.9 cm³/mol. The monoisotopic (exact) mass is 314 g/mol. The second kappa shape index (κ2) is 6.07. The Hall–Kier alpha value is -1.18. The van der Waals surface area contributed by atoms with E-state index < -0.39 is 9.05 Å². The predicted octanol–water partition coefficient (Wildman–Crippen LogP) is 3.62. The zero-order chi connectivity index (χ0) is 15.6. The summed E-state index contributed by atoms with van der Waals surface area (Å²) in [6.07, 6.45) is 0. The summed E-state index contributed by atoms with van der Waals surface area (Å²) in [6.45, 7) is 9.66. The van der Waals surface area contributed by atoms with E-state index in [4.69, 9.17) is 15.4 Å². The lowest BCUT2D eigenvalue weighted by Gasteiger charge is -2.23. The fourth-order valence-corrected chi connectivity index (χ4v) is 3.02. The largest absolute Gasteiger partial charge is 0.481 e. The van der Waals surface area contributed by atoms with Gasteiger partial charge in [-0.2, -0.15) is 0 Å². The molecule has 1 aromatic rings. The van der Waals surface area contributed by atoms with Gasteiger partial charge >= 0.3 is 0 Å². The molecule has 0 saturated carbocycles. The van der Waals surface area contributed by atoms with E-state index in [1.54, 1.807) is 26.0 Å². The Morgan fingerprint density at radius 1 is 1.30 bits per heavy atom. The first-order valence-electron chi connectivity index (χ1n) is 6.19. The zero-order valence-corrected chi connectivity index (χ0v) is 13.9. The van der Waals surface area contributed by atoms with Crippen molar-refractivity contribution >= 4 is 19.7 Å². The molecule has 3 nitrogen and oxygen atoms in total. The Labute approximate surface area is 125 Å². The number of rotatable bonds is 3. The second-order valence-corrected chi connectivity index (χ2v) is 8.05. The van der Waals surface area contributed by atoms with Crippen LogP contribution in [-0.4, -0.2) is 15.0 Å². The maximum absolute atomic E-state index is 11.6. The van der Waals surface area contributed by atoms with Crippen molar-refractivity contribution in [2.24, 2.45) is 0 Å². The van der Waals surface area contributed by atoms with Crippen molar-refractivity contribution in [3.8, 4) is 17.6 Å². The van der Waals surface area contributed by atoms with Crippen LogP contribution < -0.4 is 4.74 Å². The molecule has 20 heavy (non-hydrogen) atoms. The van der Waals surface area contributed by atoms with Gasteiger partial charge in [0.2, 0.25) is 0 Å². The van der Waals surface area contributed by atoms with Gasteiger partial charge in [0.15, 0.2) is 0 Å². The highest BCUT2D eigenvalue weighted by Gasteiger charge is 2.24. The normalized spacial score (nSPS) is 11.7. The van der Waals surface area contributed by atoms with Crippen LogP contribution in [0.2, 0.25) is 0 Å². The molecule has 0 aliphatic rings. The van der Waals surface area contributed by atoms with Crippen molar-refractivity contribution < 1.29 is 13.2 Å². The molecule has 0 fully saturated rings. The second-order valence-electron chi connectivity index (χ2n) is 5.52. The average Bonchev–Trinajstić information content (AvgIpc) is 2.25. The summed E-state index contributed by atoms with van der Waals surface area (Å²) in [7, 11) is 1.70. The van der Waals surface area contributed by atoms with Crippen LogP contribution in [0.1, 0.15) is 38.8 Å². The van der Waals surface area contributed by atoms with Gasteiger partial charge in [-0.25, -0.2) is 8.42 Å². The molecule has 0 aromatic heterocycles. The summed E-state index contributed by atoms with van der Waals surface area (Å²) in [6, 6.07) is 3.29. The van der Waals surface area contributed by atoms with Gasteiger partial charge in [-0.15, -0.1) is 5.92 Å². The number of halogens is 1. The van der Waals surface area contributed by atoms with Gasteiger partial charge in [0.05, 0.1) is 4.90 Å². The molecule has 1 aromatic carbocycles. The molecule has 0 unspecified atom stereocenters. The number of benzene rings is 1. The van der Waals surface area contributed by atoms with Gasteiger partial charge in [0.1, 0.15) is 12.4 Å². The Morgan fingerprint density at radius 2 is 1.90 bits per heavy atom. The first-order valence-corrected chi connectivity index (χ1v) is 8.50. The molecule has 0 aliphatic carbocycles. The Bertz CT molecular complexity index is 659. The highest BCUT2D eigenvalue weighted by molar-refractivity contribution is 8.13. The lowest BCUT2D eigenvalue weighted by atomic mass is 9.86. The molecule has 0 radical (unpaired) electrons. The summed E-state index contributed by atoms with van der Waals surface area (Å²) in [5, 5.41) is 0. The van der Waals surface area contributed by atoms with Gasteiger partial charge in [-0.1, -0.05) is 26.7 Å². The quantitative estimate of drug-likeness (QED) is 0.632. The van der Waals surface area contributed by atoms with E-state index in [-0.39, 0.29) is 16.9 Å². The fourth-order valence-electron chi connectivity index (χ4n) is 1.82. The van der Waals surface area contributed by atoms with E-state index in [0.717, 1.165) is 5.56 Å². The van der Waals surface area contributed by atoms with Gasteiger partial charge in [0.25, 0.3) is 9.05 Å². The van der Waals surface area contributed by atoms with Gasteiger partial charge in [0, 0.05) is 16.2 Å². The molecule has 0 amide bonds. The summed E-state index contributed by atoms with van der Waals surface area (Å²) in [5.74, 6) is 6.22. The molecular weight excluding hydrogens is 296 g/mol. The molecule has 0 spiro atoms. The van der Waals surface area contributed by atoms with Crippen LogP contribution in [0.3, 0.4) is 0 Å². The highest BCUT2D eigenvalue weighted by atomic mass is 35.7. The fraction of sp³-hybridized carbons (Fsp3) is 0.467. The molecular formula is C15H19ClO3S. The molecule has 0 heterocycles. The molecule has 0 atom stereocenters. The summed E-state index contributed by atoms with van der Waals surface area (Å²) < 4.78 is 28.9. The van der Waals surface area contributed by atoms with Gasteiger partial charge in [-0.3, -0.25) is 0 Å². The molecule has 0 N–H and O–H groups in total. The van der Waals surface area contributed by atoms with Crippen LogP contribution >= 0.6 is 10.7 Å². The third-order valence-electron chi connectivity index (χ3n) is 2.82. The van der Waals surface area contributed by atoms with Crippen LogP contribution in [0.4, 0.5) is 0 Å². The Kier molecular flexibility index (Phi) is 5.12. The van der Waals surface area contributed by atoms with E-state index in [9.17, 15) is 8.42 Å². The van der Waals surface area contributed by atoms with E-state index in [2.05, 4.69) is 11.8 Å². The summed E-state index contributed by atoms with van der Waals surface area (Å²) >= 11 is 0. The van der Waals surface area contributed by atoms with Crippen molar-refractivity contribution in [3.63, 3.8) is 0 Å². The minimum atomic E-state index is -3.77. The molecule has 0 saturated heterocycles. The smallest absolute Gasteiger partial charge is 0.261 e. The number of hydrogen-bond donors (Lipinski definition) is 0. The van der Waals surface area contributed by atoms with Gasteiger partial charge < -0.3 is 4.74 Å². The third-order valence-corrected chi connectivity index (χ3v) is 4.29. The molecule has 0 aliphatic heterocycles. The van der Waals surface area contributed by atoms with Crippen molar-refractivity contribution in [1.82, 2.24) is 0 Å². The maximum Gasteiger partial charge on any atom is 0.261 e. The topological polar surface area (TPSA) is 43.4 Å². The highest BCUT2D eigenvalue weighted by Crippen LogP contribution is 2.36. The zero-order valence-electron chi connectivity index (χ0n) is 12.4. The van der Waals surface area contributed by atoms with Crippen molar-refractivity contribution in [2.75, 3.05) is 6.61 Å². The van der Waals surface area contributed by atoms with Crippen molar-refractivity contribution in [2.45, 2.75) is 44.9 Å². The minimum Gasteiger partial charge on any atom is -0.481 e. The number of ether oxygens (including phenoxy) is 1. The average molecular weight is 315 g/mol. The third kappa shape index (κ3) is 4.16. The van der Waals surface area contributed by atoms with E-state index in [1.165, 1.54) is 0 Å². The maximum atomic E-state index is 11.6. The van der Waals surface area contributed by atoms with Crippen molar-refractivity contribution in [1.29, 1.82) is 0 Å². The van der Waals surface area contributed by atoms with E-state index in [1.807, 2.05) is 20.8 Å². The number of hydrogen-bond acceptors (Lipinski definition) is 3. The van der Waals surface area contributed by atoms with E-state index >= 15 is 0 Å². The Balaban J connectivity index is 3.44. The Morgan fingerprint density at radius 3 is 2.35 bits per heavy atom. The van der Waals surface area contributed by atoms with Gasteiger partial charge in [-0.05, 0) is 37.0 Å².